The third kappa shape index (κ3) is 4.11. The van der Waals surface area contributed by atoms with Crippen LogP contribution >= 0.6 is 23.1 Å². The number of rotatable bonds is 5. The average molecular weight is 329 g/mol. The molecule has 1 heterocycles. The van der Waals surface area contributed by atoms with E-state index in [1.54, 1.807) is 11.3 Å². The largest absolute Gasteiger partial charge is 0.353 e. The van der Waals surface area contributed by atoms with Gasteiger partial charge in [0.2, 0.25) is 5.13 Å². The highest BCUT2D eigenvalue weighted by molar-refractivity contribution is 8.01. The van der Waals surface area contributed by atoms with Gasteiger partial charge in [-0.3, -0.25) is 0 Å². The second kappa shape index (κ2) is 6.84. The second-order valence-electron chi connectivity index (χ2n) is 6.92. The van der Waals surface area contributed by atoms with Crippen molar-refractivity contribution in [2.24, 2.45) is 17.1 Å². The van der Waals surface area contributed by atoms with Crippen LogP contribution in [0.4, 0.5) is 5.13 Å². The van der Waals surface area contributed by atoms with Crippen molar-refractivity contribution in [3.8, 4) is 0 Å². The zero-order valence-electron chi connectivity index (χ0n) is 13.8. The monoisotopic (exact) mass is 328 g/mol. The van der Waals surface area contributed by atoms with Crippen LogP contribution in [0.1, 0.15) is 46.5 Å². The van der Waals surface area contributed by atoms with Gasteiger partial charge >= 0.3 is 0 Å². The Labute approximate surface area is 136 Å². The second-order valence-corrected chi connectivity index (χ2v) is 9.36. The lowest BCUT2D eigenvalue weighted by Gasteiger charge is -2.41. The minimum atomic E-state index is 0.283. The first-order valence-corrected chi connectivity index (χ1v) is 9.46. The number of hydrogen-bond donors (Lipinski definition) is 1. The summed E-state index contributed by atoms with van der Waals surface area (Å²) >= 11 is 3.50. The van der Waals surface area contributed by atoms with E-state index in [2.05, 4.69) is 31.0 Å². The quantitative estimate of drug-likeness (QED) is 0.894. The van der Waals surface area contributed by atoms with Crippen LogP contribution in [0.3, 0.4) is 0 Å². The molecule has 1 aromatic rings. The predicted octanol–water partition coefficient (Wildman–Crippen LogP) is 3.63. The first-order valence-electron chi connectivity index (χ1n) is 7.76. The Balaban J connectivity index is 2.03. The Morgan fingerprint density at radius 3 is 2.62 bits per heavy atom. The summed E-state index contributed by atoms with van der Waals surface area (Å²) in [6.45, 7) is 7.08. The van der Waals surface area contributed by atoms with Gasteiger partial charge in [0.05, 0.1) is 0 Å². The fourth-order valence-corrected chi connectivity index (χ4v) is 5.12. The molecule has 2 N–H and O–H groups in total. The van der Waals surface area contributed by atoms with Gasteiger partial charge in [0.1, 0.15) is 0 Å². The first kappa shape index (κ1) is 17.0. The molecule has 1 aromatic heterocycles. The number of hydrogen-bond acceptors (Lipinski definition) is 6. The molecule has 1 aliphatic rings. The lowest BCUT2D eigenvalue weighted by Crippen LogP contribution is -2.42. The normalized spacial score (nSPS) is 26.9. The van der Waals surface area contributed by atoms with Crippen LogP contribution in [-0.2, 0) is 0 Å². The highest BCUT2D eigenvalue weighted by Crippen LogP contribution is 2.45. The molecule has 1 fully saturated rings. The maximum atomic E-state index is 6.37. The molecule has 2 rings (SSSR count). The Morgan fingerprint density at radius 2 is 2.05 bits per heavy atom. The summed E-state index contributed by atoms with van der Waals surface area (Å²) in [6, 6.07) is 0.283. The van der Waals surface area contributed by atoms with Crippen molar-refractivity contribution < 1.29 is 0 Å². The van der Waals surface area contributed by atoms with Crippen molar-refractivity contribution in [1.82, 2.24) is 10.2 Å². The summed E-state index contributed by atoms with van der Waals surface area (Å²) in [6.07, 6.45) is 4.82. The number of nitrogens with zero attached hydrogens (tertiary/aromatic N) is 3. The molecule has 3 atom stereocenters. The Morgan fingerprint density at radius 1 is 1.33 bits per heavy atom. The van der Waals surface area contributed by atoms with Gasteiger partial charge in [0, 0.05) is 25.4 Å². The molecule has 120 valence electrons. The molecule has 1 aliphatic carbocycles. The van der Waals surface area contributed by atoms with Crippen molar-refractivity contribution in [3.05, 3.63) is 0 Å². The highest BCUT2D eigenvalue weighted by atomic mass is 32.2. The van der Waals surface area contributed by atoms with Crippen LogP contribution in [0.5, 0.6) is 0 Å². The number of anilines is 1. The zero-order chi connectivity index (χ0) is 15.6. The summed E-state index contributed by atoms with van der Waals surface area (Å²) in [5.41, 5.74) is 6.78. The van der Waals surface area contributed by atoms with Crippen LogP contribution in [-0.4, -0.2) is 35.6 Å². The lowest BCUT2D eigenvalue weighted by molar-refractivity contribution is 0.148. The minimum Gasteiger partial charge on any atom is -0.353 e. The summed E-state index contributed by atoms with van der Waals surface area (Å²) in [7, 11) is 4.00. The summed E-state index contributed by atoms with van der Waals surface area (Å²) < 4.78 is 1.05. The van der Waals surface area contributed by atoms with Crippen LogP contribution in [0.15, 0.2) is 4.34 Å². The van der Waals surface area contributed by atoms with Gasteiger partial charge in [0.15, 0.2) is 4.34 Å². The van der Waals surface area contributed by atoms with Crippen molar-refractivity contribution in [3.63, 3.8) is 0 Å². The third-order valence-electron chi connectivity index (χ3n) is 4.89. The number of aromatic nitrogens is 2. The topological polar surface area (TPSA) is 55.0 Å². The fraction of sp³-hybridized carbons (Fsp3) is 0.867. The van der Waals surface area contributed by atoms with Gasteiger partial charge in [-0.25, -0.2) is 0 Å². The fourth-order valence-electron chi connectivity index (χ4n) is 2.85. The molecule has 0 spiro atoms. The molecule has 1 saturated carbocycles. The van der Waals surface area contributed by atoms with Gasteiger partial charge in [0.25, 0.3) is 0 Å². The highest BCUT2D eigenvalue weighted by Gasteiger charge is 2.36. The number of nitrogens with two attached hydrogens (primary N) is 1. The summed E-state index contributed by atoms with van der Waals surface area (Å²) in [5, 5.41) is 9.97. The Hall–Kier alpha value is -0.330. The molecule has 0 radical (unpaired) electrons. The van der Waals surface area contributed by atoms with E-state index in [1.807, 2.05) is 30.8 Å². The van der Waals surface area contributed by atoms with Gasteiger partial charge in [-0.1, -0.05) is 50.3 Å². The van der Waals surface area contributed by atoms with Crippen LogP contribution in [0.25, 0.3) is 0 Å². The van der Waals surface area contributed by atoms with E-state index in [0.717, 1.165) is 21.8 Å². The molecule has 3 unspecified atom stereocenters. The molecule has 0 aliphatic heterocycles. The van der Waals surface area contributed by atoms with Gasteiger partial charge in [-0.2, -0.15) is 0 Å². The van der Waals surface area contributed by atoms with Crippen LogP contribution in [0.2, 0.25) is 0 Å². The van der Waals surface area contributed by atoms with E-state index in [9.17, 15) is 0 Å². The van der Waals surface area contributed by atoms with Crippen LogP contribution < -0.4 is 10.6 Å². The van der Waals surface area contributed by atoms with Crippen LogP contribution in [0, 0.1) is 11.3 Å². The number of thioether (sulfide) groups is 1. The molecular formula is C15H28N4S2. The van der Waals surface area contributed by atoms with Crippen molar-refractivity contribution in [2.45, 2.75) is 62.1 Å². The average Bonchev–Trinajstić information content (AvgIpc) is 2.90. The van der Waals surface area contributed by atoms with E-state index in [0.29, 0.717) is 10.7 Å². The summed E-state index contributed by atoms with van der Waals surface area (Å²) in [4.78, 5) is 2.01. The third-order valence-corrected chi connectivity index (χ3v) is 7.44. The maximum Gasteiger partial charge on any atom is 0.208 e. The summed E-state index contributed by atoms with van der Waals surface area (Å²) in [5.74, 6) is 0.765. The molecule has 0 amide bonds. The standard InChI is InChI=1S/C15H28N4S2/c1-6-15(2,3)10-7-8-11(16)12(9-10)20-14-18-17-13(21-14)19(4)5/h10-12H,6-9,16H2,1-5H3. The Kier molecular flexibility index (Phi) is 5.54. The molecule has 21 heavy (non-hydrogen) atoms. The van der Waals surface area contributed by atoms with E-state index in [-0.39, 0.29) is 6.04 Å². The maximum absolute atomic E-state index is 6.37. The SMILES string of the molecule is CCC(C)(C)C1CCC(N)C(Sc2nnc(N(C)C)s2)C1. The van der Waals surface area contributed by atoms with E-state index < -0.39 is 0 Å². The van der Waals surface area contributed by atoms with Crippen molar-refractivity contribution in [1.29, 1.82) is 0 Å². The van der Waals surface area contributed by atoms with Gasteiger partial charge < -0.3 is 10.6 Å². The van der Waals surface area contributed by atoms with E-state index in [4.69, 9.17) is 5.73 Å². The van der Waals surface area contributed by atoms with E-state index in [1.165, 1.54) is 19.3 Å². The molecule has 0 bridgehead atoms. The lowest BCUT2D eigenvalue weighted by atomic mass is 9.69. The molecule has 0 saturated heterocycles. The van der Waals surface area contributed by atoms with Crippen molar-refractivity contribution >= 4 is 28.2 Å². The Bertz CT molecular complexity index is 458. The van der Waals surface area contributed by atoms with Gasteiger partial charge in [-0.05, 0) is 30.6 Å². The smallest absolute Gasteiger partial charge is 0.208 e. The first-order chi connectivity index (χ1) is 9.83. The molecule has 6 heteroatoms. The molecule has 0 aromatic carbocycles. The van der Waals surface area contributed by atoms with E-state index >= 15 is 0 Å². The molecule has 4 nitrogen and oxygen atoms in total. The van der Waals surface area contributed by atoms with Crippen molar-refractivity contribution in [2.75, 3.05) is 19.0 Å². The predicted molar refractivity (Wildman–Crippen MR) is 93.3 cm³/mol. The minimum absolute atomic E-state index is 0.283. The zero-order valence-corrected chi connectivity index (χ0v) is 15.4. The molecular weight excluding hydrogens is 300 g/mol. The van der Waals surface area contributed by atoms with Gasteiger partial charge in [-0.15, -0.1) is 10.2 Å².